The van der Waals surface area contributed by atoms with Crippen LogP contribution in [0.3, 0.4) is 0 Å². The van der Waals surface area contributed by atoms with Crippen LogP contribution in [0, 0.1) is 0 Å². The lowest BCUT2D eigenvalue weighted by molar-refractivity contribution is -0.117. The SMILES string of the molecule is Cn1nnnc1-c1cccc(NC(=O)CN2CCN(Cc3ccccc3)CC2)c1. The number of benzene rings is 2. The van der Waals surface area contributed by atoms with Crippen LogP contribution >= 0.6 is 0 Å². The van der Waals surface area contributed by atoms with Gasteiger partial charge >= 0.3 is 0 Å². The summed E-state index contributed by atoms with van der Waals surface area (Å²) in [5, 5.41) is 14.5. The van der Waals surface area contributed by atoms with Gasteiger partial charge in [-0.05, 0) is 28.1 Å². The Balaban J connectivity index is 1.27. The topological polar surface area (TPSA) is 79.2 Å². The molecule has 1 aliphatic heterocycles. The van der Waals surface area contributed by atoms with E-state index in [1.165, 1.54) is 5.56 Å². The van der Waals surface area contributed by atoms with E-state index in [0.29, 0.717) is 12.4 Å². The van der Waals surface area contributed by atoms with E-state index in [1.807, 2.05) is 30.3 Å². The fourth-order valence-corrected chi connectivity index (χ4v) is 3.56. The Morgan fingerprint density at radius 2 is 1.76 bits per heavy atom. The molecule has 8 nitrogen and oxygen atoms in total. The van der Waals surface area contributed by atoms with Gasteiger partial charge in [-0.25, -0.2) is 4.68 Å². The van der Waals surface area contributed by atoms with Crippen molar-refractivity contribution in [2.45, 2.75) is 6.54 Å². The van der Waals surface area contributed by atoms with Gasteiger partial charge in [-0.15, -0.1) is 5.10 Å². The van der Waals surface area contributed by atoms with Gasteiger partial charge in [-0.1, -0.05) is 42.5 Å². The fourth-order valence-electron chi connectivity index (χ4n) is 3.56. The van der Waals surface area contributed by atoms with Gasteiger partial charge in [0.15, 0.2) is 5.82 Å². The second kappa shape index (κ2) is 8.93. The Hall–Kier alpha value is -3.10. The zero-order valence-corrected chi connectivity index (χ0v) is 16.5. The molecule has 3 aromatic rings. The van der Waals surface area contributed by atoms with Crippen molar-refractivity contribution in [2.75, 3.05) is 38.0 Å². The second-order valence-corrected chi connectivity index (χ2v) is 7.29. The number of nitrogens with zero attached hydrogens (tertiary/aromatic N) is 6. The van der Waals surface area contributed by atoms with Crippen molar-refractivity contribution in [2.24, 2.45) is 7.05 Å². The number of rotatable bonds is 6. The third-order valence-electron chi connectivity index (χ3n) is 5.11. The van der Waals surface area contributed by atoms with Crippen LogP contribution in [0.15, 0.2) is 54.6 Å². The van der Waals surface area contributed by atoms with Crippen LogP contribution in [0.5, 0.6) is 0 Å². The summed E-state index contributed by atoms with van der Waals surface area (Å²) in [5.74, 6) is 0.658. The molecule has 0 bridgehead atoms. The summed E-state index contributed by atoms with van der Waals surface area (Å²) in [5.41, 5.74) is 2.94. The van der Waals surface area contributed by atoms with Crippen LogP contribution in [-0.4, -0.2) is 68.6 Å². The number of hydrogen-bond donors (Lipinski definition) is 1. The molecule has 0 radical (unpaired) electrons. The normalized spacial score (nSPS) is 15.3. The molecule has 150 valence electrons. The molecular formula is C21H25N7O. The van der Waals surface area contributed by atoms with Gasteiger partial charge in [0.1, 0.15) is 0 Å². The predicted octanol–water partition coefficient (Wildman–Crippen LogP) is 1.63. The van der Waals surface area contributed by atoms with Gasteiger partial charge in [-0.3, -0.25) is 14.6 Å². The smallest absolute Gasteiger partial charge is 0.238 e. The van der Waals surface area contributed by atoms with Crippen LogP contribution < -0.4 is 5.32 Å². The summed E-state index contributed by atoms with van der Waals surface area (Å²) in [6.07, 6.45) is 0. The van der Waals surface area contributed by atoms with Crippen LogP contribution in [0.4, 0.5) is 5.69 Å². The lowest BCUT2D eigenvalue weighted by Crippen LogP contribution is -2.48. The summed E-state index contributed by atoms with van der Waals surface area (Å²) in [6.45, 7) is 5.09. The first-order valence-corrected chi connectivity index (χ1v) is 9.79. The molecule has 2 heterocycles. The first-order chi connectivity index (χ1) is 14.2. The minimum Gasteiger partial charge on any atom is -0.325 e. The van der Waals surface area contributed by atoms with Crippen molar-refractivity contribution >= 4 is 11.6 Å². The molecule has 0 atom stereocenters. The number of carbonyl (C=O) groups excluding carboxylic acids is 1. The molecule has 1 N–H and O–H groups in total. The first-order valence-electron chi connectivity index (χ1n) is 9.79. The zero-order chi connectivity index (χ0) is 20.1. The molecule has 0 aliphatic carbocycles. The molecule has 4 rings (SSSR count). The molecule has 0 saturated carbocycles. The molecular weight excluding hydrogens is 366 g/mol. The highest BCUT2D eigenvalue weighted by atomic mass is 16.2. The van der Waals surface area contributed by atoms with Gasteiger partial charge in [-0.2, -0.15) is 0 Å². The van der Waals surface area contributed by atoms with Crippen molar-refractivity contribution in [1.29, 1.82) is 0 Å². The van der Waals surface area contributed by atoms with Crippen molar-refractivity contribution in [3.63, 3.8) is 0 Å². The summed E-state index contributed by atoms with van der Waals surface area (Å²) < 4.78 is 1.61. The van der Waals surface area contributed by atoms with E-state index in [0.717, 1.165) is 44.0 Å². The summed E-state index contributed by atoms with van der Waals surface area (Å²) in [7, 11) is 1.79. The summed E-state index contributed by atoms with van der Waals surface area (Å²) in [6, 6.07) is 18.1. The van der Waals surface area contributed by atoms with E-state index in [1.54, 1.807) is 11.7 Å². The number of carbonyl (C=O) groups is 1. The molecule has 0 unspecified atom stereocenters. The van der Waals surface area contributed by atoms with Gasteiger partial charge < -0.3 is 5.32 Å². The van der Waals surface area contributed by atoms with Gasteiger partial charge in [0, 0.05) is 51.0 Å². The molecule has 1 saturated heterocycles. The molecule has 1 fully saturated rings. The monoisotopic (exact) mass is 391 g/mol. The number of nitrogens with one attached hydrogen (secondary N) is 1. The lowest BCUT2D eigenvalue weighted by Gasteiger charge is -2.34. The number of piperazine rings is 1. The van der Waals surface area contributed by atoms with E-state index < -0.39 is 0 Å². The maximum Gasteiger partial charge on any atom is 0.238 e. The van der Waals surface area contributed by atoms with Crippen LogP contribution in [-0.2, 0) is 18.4 Å². The fraction of sp³-hybridized carbons (Fsp3) is 0.333. The largest absolute Gasteiger partial charge is 0.325 e. The van der Waals surface area contributed by atoms with Crippen molar-refractivity contribution in [3.05, 3.63) is 60.2 Å². The molecule has 8 heteroatoms. The van der Waals surface area contributed by atoms with Crippen LogP contribution in [0.1, 0.15) is 5.56 Å². The third kappa shape index (κ3) is 5.04. The summed E-state index contributed by atoms with van der Waals surface area (Å²) in [4.78, 5) is 17.1. The Labute approximate surface area is 170 Å². The number of aromatic nitrogens is 4. The molecule has 1 aliphatic rings. The lowest BCUT2D eigenvalue weighted by atomic mass is 10.2. The molecule has 2 aromatic carbocycles. The number of anilines is 1. The second-order valence-electron chi connectivity index (χ2n) is 7.29. The van der Waals surface area contributed by atoms with E-state index in [-0.39, 0.29) is 5.91 Å². The quantitative estimate of drug-likeness (QED) is 0.688. The minimum absolute atomic E-state index is 0.00486. The van der Waals surface area contributed by atoms with Crippen LogP contribution in [0.2, 0.25) is 0 Å². The average molecular weight is 391 g/mol. The van der Waals surface area contributed by atoms with Gasteiger partial charge in [0.2, 0.25) is 5.91 Å². The maximum atomic E-state index is 12.5. The zero-order valence-electron chi connectivity index (χ0n) is 16.5. The molecule has 1 amide bonds. The van der Waals surface area contributed by atoms with Crippen molar-refractivity contribution < 1.29 is 4.79 Å². The Morgan fingerprint density at radius 3 is 2.48 bits per heavy atom. The van der Waals surface area contributed by atoms with E-state index >= 15 is 0 Å². The number of hydrogen-bond acceptors (Lipinski definition) is 6. The highest BCUT2D eigenvalue weighted by Gasteiger charge is 2.19. The minimum atomic E-state index is -0.00486. The number of amides is 1. The van der Waals surface area contributed by atoms with E-state index in [4.69, 9.17) is 0 Å². The van der Waals surface area contributed by atoms with Crippen molar-refractivity contribution in [3.8, 4) is 11.4 Å². The predicted molar refractivity (Wildman–Crippen MR) is 111 cm³/mol. The van der Waals surface area contributed by atoms with E-state index in [9.17, 15) is 4.79 Å². The van der Waals surface area contributed by atoms with E-state index in [2.05, 4.69) is 54.9 Å². The van der Waals surface area contributed by atoms with Gasteiger partial charge in [0.05, 0.1) is 6.54 Å². The Bertz CT molecular complexity index is 948. The molecule has 29 heavy (non-hydrogen) atoms. The maximum absolute atomic E-state index is 12.5. The van der Waals surface area contributed by atoms with Crippen LogP contribution in [0.25, 0.3) is 11.4 Å². The number of aryl methyl sites for hydroxylation is 1. The molecule has 1 aromatic heterocycles. The van der Waals surface area contributed by atoms with Gasteiger partial charge in [0.25, 0.3) is 0 Å². The third-order valence-corrected chi connectivity index (χ3v) is 5.11. The molecule has 0 spiro atoms. The number of tetrazole rings is 1. The van der Waals surface area contributed by atoms with Crippen molar-refractivity contribution in [1.82, 2.24) is 30.0 Å². The Morgan fingerprint density at radius 1 is 1.00 bits per heavy atom. The highest BCUT2D eigenvalue weighted by molar-refractivity contribution is 5.92. The summed E-state index contributed by atoms with van der Waals surface area (Å²) >= 11 is 0. The average Bonchev–Trinajstić information content (AvgIpc) is 3.16. The highest BCUT2D eigenvalue weighted by Crippen LogP contribution is 2.19. The first kappa shape index (κ1) is 19.2. The standard InChI is InChI=1S/C21H25N7O/c1-26-21(23-24-25-26)18-8-5-9-19(14-18)22-20(29)16-28-12-10-27(11-13-28)15-17-6-3-2-4-7-17/h2-9,14H,10-13,15-16H2,1H3,(H,22,29). The Kier molecular flexibility index (Phi) is 5.92.